The highest BCUT2D eigenvalue weighted by molar-refractivity contribution is 4.92. The second-order valence-corrected chi connectivity index (χ2v) is 5.81. The molecule has 3 atom stereocenters. The van der Waals surface area contributed by atoms with E-state index in [4.69, 9.17) is 4.52 Å². The quantitative estimate of drug-likeness (QED) is 0.844. The van der Waals surface area contributed by atoms with Crippen LogP contribution in [0.3, 0.4) is 0 Å². The minimum Gasteiger partial charge on any atom is -0.343 e. The molecule has 1 saturated carbocycles. The molecule has 106 valence electrons. The molecule has 19 heavy (non-hydrogen) atoms. The van der Waals surface area contributed by atoms with E-state index in [1.807, 2.05) is 0 Å². The second-order valence-electron chi connectivity index (χ2n) is 5.81. The predicted molar refractivity (Wildman–Crippen MR) is 72.8 cm³/mol. The topological polar surface area (TPSA) is 63.0 Å². The molecular formula is C14H24N4O. The predicted octanol–water partition coefficient (Wildman–Crippen LogP) is 1.51. The zero-order valence-electron chi connectivity index (χ0n) is 11.5. The van der Waals surface area contributed by atoms with Crippen LogP contribution in [-0.2, 0) is 6.42 Å². The molecular weight excluding hydrogens is 240 g/mol. The molecule has 1 aliphatic heterocycles. The highest BCUT2D eigenvalue weighted by atomic mass is 16.5. The van der Waals surface area contributed by atoms with Gasteiger partial charge in [0.2, 0.25) is 6.39 Å². The van der Waals surface area contributed by atoms with Gasteiger partial charge in [-0.05, 0) is 38.1 Å². The van der Waals surface area contributed by atoms with Gasteiger partial charge in [-0.15, -0.1) is 0 Å². The molecule has 0 aromatic carbocycles. The van der Waals surface area contributed by atoms with Crippen LogP contribution < -0.4 is 10.6 Å². The Morgan fingerprint density at radius 1 is 1.26 bits per heavy atom. The van der Waals surface area contributed by atoms with Crippen LogP contribution in [0, 0.1) is 5.92 Å². The van der Waals surface area contributed by atoms with Gasteiger partial charge in [-0.2, -0.15) is 4.98 Å². The van der Waals surface area contributed by atoms with E-state index in [9.17, 15) is 0 Å². The van der Waals surface area contributed by atoms with Gasteiger partial charge in [-0.1, -0.05) is 18.0 Å². The molecule has 2 aliphatic rings. The molecule has 2 fully saturated rings. The summed E-state index contributed by atoms with van der Waals surface area (Å²) in [6.07, 6.45) is 10.4. The van der Waals surface area contributed by atoms with Crippen molar-refractivity contribution in [2.75, 3.05) is 13.1 Å². The van der Waals surface area contributed by atoms with E-state index < -0.39 is 0 Å². The summed E-state index contributed by atoms with van der Waals surface area (Å²) in [7, 11) is 0. The zero-order valence-corrected chi connectivity index (χ0v) is 11.5. The van der Waals surface area contributed by atoms with Gasteiger partial charge in [0.05, 0.1) is 0 Å². The minimum absolute atomic E-state index is 0.663. The van der Waals surface area contributed by atoms with Gasteiger partial charge in [0, 0.05) is 25.0 Å². The Labute approximate surface area is 114 Å². The lowest BCUT2D eigenvalue weighted by Crippen LogP contribution is -2.47. The largest absolute Gasteiger partial charge is 0.343 e. The number of hydrogen-bond donors (Lipinski definition) is 2. The fourth-order valence-electron chi connectivity index (χ4n) is 3.64. The number of nitrogens with one attached hydrogen (secondary N) is 2. The average Bonchev–Trinajstić information content (AvgIpc) is 3.12. The average molecular weight is 264 g/mol. The molecule has 0 spiro atoms. The molecule has 2 heterocycles. The molecule has 3 rings (SSSR count). The number of rotatable bonds is 5. The van der Waals surface area contributed by atoms with Crippen molar-refractivity contribution in [2.24, 2.45) is 5.92 Å². The number of aromatic nitrogens is 2. The third-order valence-electron chi connectivity index (χ3n) is 4.60. The van der Waals surface area contributed by atoms with Gasteiger partial charge in [0.25, 0.3) is 0 Å². The summed E-state index contributed by atoms with van der Waals surface area (Å²) in [6.45, 7) is 2.16. The van der Waals surface area contributed by atoms with E-state index in [-0.39, 0.29) is 0 Å². The maximum absolute atomic E-state index is 4.76. The van der Waals surface area contributed by atoms with Crippen LogP contribution >= 0.6 is 0 Å². The van der Waals surface area contributed by atoms with Gasteiger partial charge in [0.1, 0.15) is 0 Å². The standard InChI is InChI=1S/C14H24N4O/c1-2-5-12(11(4-1)13-6-3-8-15-13)16-9-7-14-17-10-19-18-14/h10-13,15-16H,1-9H2. The molecule has 1 aromatic heterocycles. The summed E-state index contributed by atoms with van der Waals surface area (Å²) in [5.41, 5.74) is 0. The summed E-state index contributed by atoms with van der Waals surface area (Å²) in [4.78, 5) is 4.07. The summed E-state index contributed by atoms with van der Waals surface area (Å²) in [5.74, 6) is 1.61. The number of nitrogens with zero attached hydrogens (tertiary/aromatic N) is 2. The van der Waals surface area contributed by atoms with Crippen LogP contribution in [0.15, 0.2) is 10.9 Å². The van der Waals surface area contributed by atoms with Gasteiger partial charge in [-0.3, -0.25) is 0 Å². The lowest BCUT2D eigenvalue weighted by Gasteiger charge is -2.36. The second kappa shape index (κ2) is 6.48. The SMILES string of the molecule is c1nc(CCNC2CCCCC2C2CCCN2)no1. The van der Waals surface area contributed by atoms with Gasteiger partial charge in [0.15, 0.2) is 5.82 Å². The number of hydrogen-bond acceptors (Lipinski definition) is 5. The van der Waals surface area contributed by atoms with E-state index in [0.29, 0.717) is 6.04 Å². The highest BCUT2D eigenvalue weighted by Gasteiger charge is 2.32. The molecule has 0 bridgehead atoms. The molecule has 0 amide bonds. The van der Waals surface area contributed by atoms with Crippen LogP contribution in [0.25, 0.3) is 0 Å². The molecule has 2 N–H and O–H groups in total. The van der Waals surface area contributed by atoms with Gasteiger partial charge >= 0.3 is 0 Å². The summed E-state index contributed by atoms with van der Waals surface area (Å²) in [6, 6.07) is 1.40. The lowest BCUT2D eigenvalue weighted by molar-refractivity contribution is 0.215. The molecule has 1 aromatic rings. The van der Waals surface area contributed by atoms with Crippen molar-refractivity contribution >= 4 is 0 Å². The Bertz CT molecular complexity index is 362. The Kier molecular flexibility index (Phi) is 4.45. The fourth-order valence-corrected chi connectivity index (χ4v) is 3.64. The third kappa shape index (κ3) is 3.34. The van der Waals surface area contributed by atoms with E-state index in [2.05, 4.69) is 20.8 Å². The first-order valence-corrected chi connectivity index (χ1v) is 7.65. The van der Waals surface area contributed by atoms with Crippen molar-refractivity contribution in [3.8, 4) is 0 Å². The Balaban J connectivity index is 1.49. The fraction of sp³-hybridized carbons (Fsp3) is 0.857. The van der Waals surface area contributed by atoms with Crippen molar-refractivity contribution in [3.63, 3.8) is 0 Å². The van der Waals surface area contributed by atoms with Crippen LogP contribution in [-0.4, -0.2) is 35.3 Å². The maximum Gasteiger partial charge on any atom is 0.213 e. The van der Waals surface area contributed by atoms with Crippen molar-refractivity contribution in [2.45, 2.75) is 57.0 Å². The molecule has 5 nitrogen and oxygen atoms in total. The first-order valence-electron chi connectivity index (χ1n) is 7.65. The Hall–Kier alpha value is -0.940. The van der Waals surface area contributed by atoms with Crippen LogP contribution in [0.1, 0.15) is 44.3 Å². The zero-order chi connectivity index (χ0) is 12.9. The highest BCUT2D eigenvalue weighted by Crippen LogP contribution is 2.30. The van der Waals surface area contributed by atoms with Crippen molar-refractivity contribution in [1.82, 2.24) is 20.8 Å². The van der Waals surface area contributed by atoms with E-state index in [0.717, 1.165) is 30.7 Å². The third-order valence-corrected chi connectivity index (χ3v) is 4.60. The lowest BCUT2D eigenvalue weighted by atomic mass is 9.79. The van der Waals surface area contributed by atoms with Crippen molar-refractivity contribution < 1.29 is 4.52 Å². The van der Waals surface area contributed by atoms with Gasteiger partial charge in [-0.25, -0.2) is 0 Å². The van der Waals surface area contributed by atoms with Crippen molar-refractivity contribution in [1.29, 1.82) is 0 Å². The van der Waals surface area contributed by atoms with Crippen LogP contribution in [0.4, 0.5) is 0 Å². The molecule has 5 heteroatoms. The molecule has 1 aliphatic carbocycles. The first-order chi connectivity index (χ1) is 9.43. The summed E-state index contributed by atoms with van der Waals surface area (Å²) < 4.78 is 4.76. The summed E-state index contributed by atoms with van der Waals surface area (Å²) in [5, 5.41) is 11.3. The van der Waals surface area contributed by atoms with E-state index in [1.54, 1.807) is 0 Å². The first kappa shape index (κ1) is 13.1. The van der Waals surface area contributed by atoms with E-state index >= 15 is 0 Å². The van der Waals surface area contributed by atoms with Crippen molar-refractivity contribution in [3.05, 3.63) is 12.2 Å². The van der Waals surface area contributed by atoms with Crippen LogP contribution in [0.2, 0.25) is 0 Å². The van der Waals surface area contributed by atoms with E-state index in [1.165, 1.54) is 51.5 Å². The van der Waals surface area contributed by atoms with Crippen LogP contribution in [0.5, 0.6) is 0 Å². The van der Waals surface area contributed by atoms with Gasteiger partial charge < -0.3 is 15.2 Å². The maximum atomic E-state index is 4.76. The summed E-state index contributed by atoms with van der Waals surface area (Å²) >= 11 is 0. The molecule has 3 unspecified atom stereocenters. The Morgan fingerprint density at radius 3 is 3.00 bits per heavy atom. The normalized spacial score (nSPS) is 31.7. The molecule has 1 saturated heterocycles. The monoisotopic (exact) mass is 264 g/mol. The minimum atomic E-state index is 0.663. The smallest absolute Gasteiger partial charge is 0.213 e. The molecule has 0 radical (unpaired) electrons. The Morgan fingerprint density at radius 2 is 2.21 bits per heavy atom.